The molecule has 0 atom stereocenters. The Balaban J connectivity index is 1.49. The number of carbonyl (C=O) groups excluding carboxylic acids is 1. The number of carbonyl (C=O) groups is 1. The van der Waals surface area contributed by atoms with Crippen LogP contribution in [0, 0.1) is 10.1 Å². The predicted molar refractivity (Wildman–Crippen MR) is 114 cm³/mol. The molecule has 2 aromatic carbocycles. The molecule has 1 saturated heterocycles. The minimum atomic E-state index is -0.498. The number of nitro benzene ring substituents is 1. The van der Waals surface area contributed by atoms with Crippen LogP contribution in [0.2, 0.25) is 0 Å². The van der Waals surface area contributed by atoms with Crippen LogP contribution < -0.4 is 15.0 Å². The Morgan fingerprint density at radius 3 is 2.65 bits per heavy atom. The molecule has 2 heterocycles. The molecule has 0 bridgehead atoms. The van der Waals surface area contributed by atoms with Crippen molar-refractivity contribution in [3.8, 4) is 17.1 Å². The van der Waals surface area contributed by atoms with Gasteiger partial charge < -0.3 is 15.0 Å². The highest BCUT2D eigenvalue weighted by Gasteiger charge is 2.22. The summed E-state index contributed by atoms with van der Waals surface area (Å²) in [7, 11) is 1.60. The average Bonchev–Trinajstić information content (AvgIpc) is 3.49. The summed E-state index contributed by atoms with van der Waals surface area (Å²) in [5.41, 5.74) is 1.68. The SMILES string of the molecule is COc1ccc(-c2n[nH]c(CNC(=O)c3cc([N+](=O)[O-])ccc3N3CCCC3)n2)cc1. The zero-order chi connectivity index (χ0) is 21.8. The number of nitro groups is 1. The monoisotopic (exact) mass is 422 g/mol. The molecule has 1 amide bonds. The largest absolute Gasteiger partial charge is 0.497 e. The lowest BCUT2D eigenvalue weighted by Crippen LogP contribution is -2.27. The molecule has 10 heteroatoms. The molecule has 1 fully saturated rings. The number of hydrogen-bond acceptors (Lipinski definition) is 7. The van der Waals surface area contributed by atoms with Crippen LogP contribution in [0.4, 0.5) is 11.4 Å². The van der Waals surface area contributed by atoms with Gasteiger partial charge in [-0.15, -0.1) is 0 Å². The number of benzene rings is 2. The van der Waals surface area contributed by atoms with Gasteiger partial charge in [-0.05, 0) is 43.2 Å². The molecular formula is C21H22N6O4. The zero-order valence-electron chi connectivity index (χ0n) is 17.0. The van der Waals surface area contributed by atoms with Gasteiger partial charge in [0.2, 0.25) is 0 Å². The Kier molecular flexibility index (Phi) is 5.78. The molecule has 1 aromatic heterocycles. The molecule has 1 aliphatic heterocycles. The summed E-state index contributed by atoms with van der Waals surface area (Å²) >= 11 is 0. The number of methoxy groups -OCH3 is 1. The van der Waals surface area contributed by atoms with E-state index in [4.69, 9.17) is 4.74 Å². The number of anilines is 1. The number of aromatic amines is 1. The number of non-ortho nitro benzene ring substituents is 1. The summed E-state index contributed by atoms with van der Waals surface area (Å²) in [5.74, 6) is 1.32. The molecule has 3 aromatic rings. The maximum absolute atomic E-state index is 12.9. The smallest absolute Gasteiger partial charge is 0.270 e. The van der Waals surface area contributed by atoms with E-state index in [1.165, 1.54) is 12.1 Å². The molecular weight excluding hydrogens is 400 g/mol. The number of aromatic nitrogens is 3. The van der Waals surface area contributed by atoms with Gasteiger partial charge in [-0.3, -0.25) is 20.0 Å². The van der Waals surface area contributed by atoms with Crippen molar-refractivity contribution < 1.29 is 14.5 Å². The Hall–Kier alpha value is -3.95. The van der Waals surface area contributed by atoms with Crippen molar-refractivity contribution in [1.29, 1.82) is 0 Å². The molecule has 31 heavy (non-hydrogen) atoms. The third-order valence-electron chi connectivity index (χ3n) is 5.18. The van der Waals surface area contributed by atoms with Gasteiger partial charge in [0.25, 0.3) is 11.6 Å². The van der Waals surface area contributed by atoms with Crippen LogP contribution in [0.5, 0.6) is 5.75 Å². The van der Waals surface area contributed by atoms with Crippen LogP contribution >= 0.6 is 0 Å². The maximum atomic E-state index is 12.9. The summed E-state index contributed by atoms with van der Waals surface area (Å²) in [6.07, 6.45) is 2.06. The van der Waals surface area contributed by atoms with E-state index in [0.29, 0.717) is 17.3 Å². The fraction of sp³-hybridized carbons (Fsp3) is 0.286. The molecule has 0 saturated carbocycles. The molecule has 10 nitrogen and oxygen atoms in total. The first-order chi connectivity index (χ1) is 15.0. The third kappa shape index (κ3) is 4.47. The van der Waals surface area contributed by atoms with Crippen molar-refractivity contribution in [1.82, 2.24) is 20.5 Å². The number of nitrogens with one attached hydrogen (secondary N) is 2. The standard InChI is InChI=1S/C21H22N6O4/c1-31-16-7-4-14(5-8-16)20-23-19(24-25-20)13-22-21(28)17-12-15(27(29)30)6-9-18(17)26-10-2-3-11-26/h4-9,12H,2-3,10-11,13H2,1H3,(H,22,28)(H,23,24,25). The first kappa shape index (κ1) is 20.3. The summed E-state index contributed by atoms with van der Waals surface area (Å²) in [6.45, 7) is 1.76. The van der Waals surface area contributed by atoms with Gasteiger partial charge in [0, 0.05) is 30.8 Å². The van der Waals surface area contributed by atoms with Crippen LogP contribution in [-0.4, -0.2) is 46.2 Å². The van der Waals surface area contributed by atoms with E-state index in [2.05, 4.69) is 25.4 Å². The van der Waals surface area contributed by atoms with Crippen molar-refractivity contribution >= 4 is 17.3 Å². The van der Waals surface area contributed by atoms with Gasteiger partial charge in [0.15, 0.2) is 5.82 Å². The second-order valence-corrected chi connectivity index (χ2v) is 7.17. The van der Waals surface area contributed by atoms with Gasteiger partial charge in [0.1, 0.15) is 11.6 Å². The van der Waals surface area contributed by atoms with Crippen molar-refractivity contribution in [3.05, 3.63) is 64.0 Å². The lowest BCUT2D eigenvalue weighted by Gasteiger charge is -2.20. The quantitative estimate of drug-likeness (QED) is 0.443. The fourth-order valence-electron chi connectivity index (χ4n) is 3.56. The fourth-order valence-corrected chi connectivity index (χ4v) is 3.56. The summed E-state index contributed by atoms with van der Waals surface area (Å²) < 4.78 is 5.15. The highest BCUT2D eigenvalue weighted by Crippen LogP contribution is 2.28. The van der Waals surface area contributed by atoms with Gasteiger partial charge >= 0.3 is 0 Å². The summed E-state index contributed by atoms with van der Waals surface area (Å²) in [6, 6.07) is 11.7. The van der Waals surface area contributed by atoms with Crippen molar-refractivity contribution in [3.63, 3.8) is 0 Å². The molecule has 0 unspecified atom stereocenters. The van der Waals surface area contributed by atoms with E-state index in [-0.39, 0.29) is 17.8 Å². The van der Waals surface area contributed by atoms with Crippen molar-refractivity contribution in [2.75, 3.05) is 25.1 Å². The second kappa shape index (κ2) is 8.82. The molecule has 2 N–H and O–H groups in total. The number of ether oxygens (including phenoxy) is 1. The second-order valence-electron chi connectivity index (χ2n) is 7.17. The highest BCUT2D eigenvalue weighted by atomic mass is 16.6. The van der Waals surface area contributed by atoms with Gasteiger partial charge in [-0.1, -0.05) is 0 Å². The number of hydrogen-bond donors (Lipinski definition) is 2. The van der Waals surface area contributed by atoms with E-state index in [1.54, 1.807) is 13.2 Å². The van der Waals surface area contributed by atoms with E-state index in [0.717, 1.165) is 37.2 Å². The molecule has 4 rings (SSSR count). The lowest BCUT2D eigenvalue weighted by molar-refractivity contribution is -0.384. The lowest BCUT2D eigenvalue weighted by atomic mass is 10.1. The van der Waals surface area contributed by atoms with E-state index in [9.17, 15) is 14.9 Å². The average molecular weight is 422 g/mol. The van der Waals surface area contributed by atoms with Crippen LogP contribution in [0.3, 0.4) is 0 Å². The van der Waals surface area contributed by atoms with Crippen LogP contribution in [-0.2, 0) is 6.54 Å². The molecule has 0 aliphatic carbocycles. The zero-order valence-corrected chi connectivity index (χ0v) is 17.0. The van der Waals surface area contributed by atoms with Crippen molar-refractivity contribution in [2.45, 2.75) is 19.4 Å². The topological polar surface area (TPSA) is 126 Å². The van der Waals surface area contributed by atoms with Gasteiger partial charge in [-0.25, -0.2) is 4.98 Å². The molecule has 0 spiro atoms. The summed E-state index contributed by atoms with van der Waals surface area (Å²) in [4.78, 5) is 30.1. The minimum Gasteiger partial charge on any atom is -0.497 e. The van der Waals surface area contributed by atoms with E-state index < -0.39 is 10.8 Å². The van der Waals surface area contributed by atoms with Crippen LogP contribution in [0.1, 0.15) is 29.0 Å². The Bertz CT molecular complexity index is 1090. The van der Waals surface area contributed by atoms with E-state index >= 15 is 0 Å². The molecule has 1 aliphatic rings. The minimum absolute atomic E-state index is 0.115. The normalized spacial score (nSPS) is 13.3. The Labute approximate surface area is 178 Å². The maximum Gasteiger partial charge on any atom is 0.270 e. The number of amides is 1. The van der Waals surface area contributed by atoms with Crippen LogP contribution in [0.25, 0.3) is 11.4 Å². The van der Waals surface area contributed by atoms with Gasteiger partial charge in [-0.2, -0.15) is 5.10 Å². The molecule has 0 radical (unpaired) electrons. The number of rotatable bonds is 7. The number of H-pyrrole nitrogens is 1. The van der Waals surface area contributed by atoms with Crippen molar-refractivity contribution in [2.24, 2.45) is 0 Å². The predicted octanol–water partition coefficient (Wildman–Crippen LogP) is 2.92. The molecule has 160 valence electrons. The Morgan fingerprint density at radius 1 is 1.23 bits per heavy atom. The van der Waals surface area contributed by atoms with Gasteiger partial charge in [0.05, 0.1) is 29.8 Å². The highest BCUT2D eigenvalue weighted by molar-refractivity contribution is 6.00. The number of nitrogens with zero attached hydrogens (tertiary/aromatic N) is 4. The summed E-state index contributed by atoms with van der Waals surface area (Å²) in [5, 5.41) is 21.0. The van der Waals surface area contributed by atoms with Crippen LogP contribution in [0.15, 0.2) is 42.5 Å². The Morgan fingerprint density at radius 2 is 1.97 bits per heavy atom. The third-order valence-corrected chi connectivity index (χ3v) is 5.18. The first-order valence-electron chi connectivity index (χ1n) is 9.92. The first-order valence-corrected chi connectivity index (χ1v) is 9.92. The van der Waals surface area contributed by atoms with E-state index in [1.807, 2.05) is 24.3 Å².